The van der Waals surface area contributed by atoms with E-state index in [4.69, 9.17) is 5.73 Å². The molecule has 0 fully saturated rings. The van der Waals surface area contributed by atoms with E-state index in [1.165, 1.54) is 5.56 Å². The molecular formula is C12H20N2. The highest BCUT2D eigenvalue weighted by molar-refractivity contribution is 5.47. The summed E-state index contributed by atoms with van der Waals surface area (Å²) in [5.74, 6) is 0. The summed E-state index contributed by atoms with van der Waals surface area (Å²) in [4.78, 5) is 0. The fourth-order valence-electron chi connectivity index (χ4n) is 1.21. The minimum atomic E-state index is 0.162. The van der Waals surface area contributed by atoms with Gasteiger partial charge in [-0.05, 0) is 44.9 Å². The van der Waals surface area contributed by atoms with Crippen molar-refractivity contribution < 1.29 is 0 Å². The van der Waals surface area contributed by atoms with Gasteiger partial charge in [-0.25, -0.2) is 0 Å². The van der Waals surface area contributed by atoms with Gasteiger partial charge in [0.1, 0.15) is 0 Å². The van der Waals surface area contributed by atoms with Crippen LogP contribution in [0.15, 0.2) is 18.2 Å². The van der Waals surface area contributed by atoms with E-state index < -0.39 is 0 Å². The third-order valence-electron chi connectivity index (χ3n) is 2.16. The molecule has 0 saturated carbocycles. The number of nitrogens with two attached hydrogens (primary N) is 1. The van der Waals surface area contributed by atoms with Crippen molar-refractivity contribution in [1.82, 2.24) is 5.32 Å². The van der Waals surface area contributed by atoms with Crippen LogP contribution in [0.2, 0.25) is 0 Å². The minimum Gasteiger partial charge on any atom is -0.399 e. The molecule has 1 rings (SSSR count). The van der Waals surface area contributed by atoms with Crippen LogP contribution in [0.5, 0.6) is 0 Å². The van der Waals surface area contributed by atoms with E-state index in [-0.39, 0.29) is 5.54 Å². The molecule has 0 spiro atoms. The Kier molecular flexibility index (Phi) is 3.17. The molecule has 2 nitrogen and oxygen atoms in total. The number of anilines is 1. The lowest BCUT2D eigenvalue weighted by molar-refractivity contribution is 0.424. The van der Waals surface area contributed by atoms with Gasteiger partial charge < -0.3 is 11.1 Å². The highest BCUT2D eigenvalue weighted by Crippen LogP contribution is 2.13. The van der Waals surface area contributed by atoms with Crippen LogP contribution in [-0.2, 0) is 6.54 Å². The Bertz CT molecular complexity index is 311. The average molecular weight is 192 g/mol. The first-order chi connectivity index (χ1) is 6.38. The summed E-state index contributed by atoms with van der Waals surface area (Å²) in [7, 11) is 0. The molecule has 78 valence electrons. The molecule has 3 N–H and O–H groups in total. The smallest absolute Gasteiger partial charge is 0.0343 e. The summed E-state index contributed by atoms with van der Waals surface area (Å²) in [6, 6.07) is 6.17. The van der Waals surface area contributed by atoms with Gasteiger partial charge in [-0.3, -0.25) is 0 Å². The standard InChI is InChI=1S/C12H20N2/c1-9-7-10(5-6-11(9)13)8-14-12(2,3)4/h5-7,14H,8,13H2,1-4H3. The average Bonchev–Trinajstić information content (AvgIpc) is 2.06. The zero-order valence-electron chi connectivity index (χ0n) is 9.52. The Balaban J connectivity index is 2.65. The summed E-state index contributed by atoms with van der Waals surface area (Å²) in [6.45, 7) is 9.42. The van der Waals surface area contributed by atoms with E-state index in [0.29, 0.717) is 0 Å². The predicted molar refractivity (Wildman–Crippen MR) is 62.2 cm³/mol. The zero-order chi connectivity index (χ0) is 10.8. The number of aryl methyl sites for hydroxylation is 1. The van der Waals surface area contributed by atoms with Gasteiger partial charge in [0.2, 0.25) is 0 Å². The number of rotatable bonds is 2. The van der Waals surface area contributed by atoms with Crippen molar-refractivity contribution in [3.8, 4) is 0 Å². The molecule has 0 radical (unpaired) electrons. The van der Waals surface area contributed by atoms with Crippen LogP contribution in [0.3, 0.4) is 0 Å². The Hall–Kier alpha value is -1.02. The SMILES string of the molecule is Cc1cc(CNC(C)(C)C)ccc1N. The van der Waals surface area contributed by atoms with Crippen molar-refractivity contribution in [2.75, 3.05) is 5.73 Å². The molecule has 0 aliphatic rings. The number of nitrogens with one attached hydrogen (secondary N) is 1. The van der Waals surface area contributed by atoms with Crippen molar-refractivity contribution in [2.24, 2.45) is 0 Å². The second-order valence-corrected chi connectivity index (χ2v) is 4.79. The highest BCUT2D eigenvalue weighted by atomic mass is 14.9. The van der Waals surface area contributed by atoms with Crippen molar-refractivity contribution in [3.63, 3.8) is 0 Å². The van der Waals surface area contributed by atoms with Gasteiger partial charge in [0.05, 0.1) is 0 Å². The lowest BCUT2D eigenvalue weighted by atomic mass is 10.1. The van der Waals surface area contributed by atoms with Crippen LogP contribution in [0.4, 0.5) is 5.69 Å². The third kappa shape index (κ3) is 3.38. The monoisotopic (exact) mass is 192 g/mol. The molecule has 0 aliphatic carbocycles. The Labute approximate surface area is 86.5 Å². The molecule has 0 atom stereocenters. The predicted octanol–water partition coefficient (Wildman–Crippen LogP) is 2.47. The van der Waals surface area contributed by atoms with Crippen LogP contribution in [0.25, 0.3) is 0 Å². The highest BCUT2D eigenvalue weighted by Gasteiger charge is 2.08. The first kappa shape index (κ1) is 11.1. The normalized spacial score (nSPS) is 11.7. The summed E-state index contributed by atoms with van der Waals surface area (Å²) >= 11 is 0. The Morgan fingerprint density at radius 1 is 1.29 bits per heavy atom. The molecule has 0 heterocycles. The molecule has 1 aromatic carbocycles. The van der Waals surface area contributed by atoms with Gasteiger partial charge in [0, 0.05) is 17.8 Å². The Morgan fingerprint density at radius 2 is 1.93 bits per heavy atom. The number of nitrogen functional groups attached to an aromatic ring is 1. The molecule has 0 aliphatic heterocycles. The maximum absolute atomic E-state index is 5.75. The summed E-state index contributed by atoms with van der Waals surface area (Å²) < 4.78 is 0. The second-order valence-electron chi connectivity index (χ2n) is 4.79. The van der Waals surface area contributed by atoms with Crippen molar-refractivity contribution >= 4 is 5.69 Å². The van der Waals surface area contributed by atoms with Gasteiger partial charge in [0.25, 0.3) is 0 Å². The molecule has 0 aromatic heterocycles. The molecular weight excluding hydrogens is 172 g/mol. The molecule has 0 unspecified atom stereocenters. The summed E-state index contributed by atoms with van der Waals surface area (Å²) in [6.07, 6.45) is 0. The van der Waals surface area contributed by atoms with E-state index in [1.807, 2.05) is 13.0 Å². The largest absolute Gasteiger partial charge is 0.399 e. The lowest BCUT2D eigenvalue weighted by Crippen LogP contribution is -2.35. The maximum atomic E-state index is 5.75. The van der Waals surface area contributed by atoms with E-state index in [2.05, 4.69) is 38.2 Å². The van der Waals surface area contributed by atoms with Crippen LogP contribution in [0.1, 0.15) is 31.9 Å². The molecule has 14 heavy (non-hydrogen) atoms. The summed E-state index contributed by atoms with van der Waals surface area (Å²) in [5, 5.41) is 3.44. The third-order valence-corrected chi connectivity index (χ3v) is 2.16. The van der Waals surface area contributed by atoms with Gasteiger partial charge in [-0.1, -0.05) is 12.1 Å². The zero-order valence-corrected chi connectivity index (χ0v) is 9.52. The summed E-state index contributed by atoms with van der Waals surface area (Å²) in [5.41, 5.74) is 9.21. The lowest BCUT2D eigenvalue weighted by Gasteiger charge is -2.20. The number of hydrogen-bond donors (Lipinski definition) is 2. The van der Waals surface area contributed by atoms with Crippen LogP contribution in [0, 0.1) is 6.92 Å². The van der Waals surface area contributed by atoms with Crippen molar-refractivity contribution in [3.05, 3.63) is 29.3 Å². The second kappa shape index (κ2) is 4.01. The molecule has 0 bridgehead atoms. The van der Waals surface area contributed by atoms with E-state index >= 15 is 0 Å². The molecule has 0 saturated heterocycles. The van der Waals surface area contributed by atoms with Crippen molar-refractivity contribution in [2.45, 2.75) is 39.8 Å². The van der Waals surface area contributed by atoms with Crippen molar-refractivity contribution in [1.29, 1.82) is 0 Å². The van der Waals surface area contributed by atoms with Crippen LogP contribution >= 0.6 is 0 Å². The maximum Gasteiger partial charge on any atom is 0.0343 e. The Morgan fingerprint density at radius 3 is 2.43 bits per heavy atom. The molecule has 1 aromatic rings. The van der Waals surface area contributed by atoms with E-state index in [1.54, 1.807) is 0 Å². The van der Waals surface area contributed by atoms with Gasteiger partial charge in [-0.2, -0.15) is 0 Å². The first-order valence-corrected chi connectivity index (χ1v) is 4.98. The van der Waals surface area contributed by atoms with Gasteiger partial charge in [-0.15, -0.1) is 0 Å². The topological polar surface area (TPSA) is 38.0 Å². The number of benzene rings is 1. The quantitative estimate of drug-likeness (QED) is 0.706. The first-order valence-electron chi connectivity index (χ1n) is 4.98. The van der Waals surface area contributed by atoms with Crippen LogP contribution < -0.4 is 11.1 Å². The fourth-order valence-corrected chi connectivity index (χ4v) is 1.21. The molecule has 0 amide bonds. The van der Waals surface area contributed by atoms with Gasteiger partial charge >= 0.3 is 0 Å². The minimum absolute atomic E-state index is 0.162. The van der Waals surface area contributed by atoms with E-state index in [9.17, 15) is 0 Å². The number of hydrogen-bond acceptors (Lipinski definition) is 2. The van der Waals surface area contributed by atoms with E-state index in [0.717, 1.165) is 17.8 Å². The molecule has 2 heteroatoms. The van der Waals surface area contributed by atoms with Gasteiger partial charge in [0.15, 0.2) is 0 Å². The fraction of sp³-hybridized carbons (Fsp3) is 0.500. The van der Waals surface area contributed by atoms with Crippen LogP contribution in [-0.4, -0.2) is 5.54 Å².